The molecule has 0 aromatic rings. The maximum atomic E-state index is 3.80. The summed E-state index contributed by atoms with van der Waals surface area (Å²) in [4.78, 5) is 2.89. The second-order valence-corrected chi connectivity index (χ2v) is 7.83. The molecule has 0 spiro atoms. The third kappa shape index (κ3) is 3.76. The lowest BCUT2D eigenvalue weighted by atomic mass is 9.76. The maximum absolute atomic E-state index is 3.80. The molecule has 0 aromatic heterocycles. The molecule has 2 nitrogen and oxygen atoms in total. The third-order valence-electron chi connectivity index (χ3n) is 5.86. The van der Waals surface area contributed by atoms with E-state index in [4.69, 9.17) is 0 Å². The van der Waals surface area contributed by atoms with Crippen molar-refractivity contribution in [2.24, 2.45) is 17.8 Å². The normalized spacial score (nSPS) is 40.2. The van der Waals surface area contributed by atoms with Crippen LogP contribution in [0.2, 0.25) is 0 Å². The zero-order valence-electron chi connectivity index (χ0n) is 14.4. The first-order chi connectivity index (χ1) is 9.52. The molecule has 1 saturated heterocycles. The van der Waals surface area contributed by atoms with Gasteiger partial charge < -0.3 is 5.32 Å². The highest BCUT2D eigenvalue weighted by Crippen LogP contribution is 2.35. The van der Waals surface area contributed by atoms with Crippen LogP contribution in [-0.4, -0.2) is 36.1 Å². The quantitative estimate of drug-likeness (QED) is 0.840. The number of piperazine rings is 1. The van der Waals surface area contributed by atoms with Gasteiger partial charge in [0.15, 0.2) is 0 Å². The first kappa shape index (κ1) is 16.3. The van der Waals surface area contributed by atoms with Crippen LogP contribution >= 0.6 is 0 Å². The molecule has 0 bridgehead atoms. The molecule has 20 heavy (non-hydrogen) atoms. The van der Waals surface area contributed by atoms with E-state index in [1.165, 1.54) is 45.2 Å². The molecule has 1 N–H and O–H groups in total. The summed E-state index contributed by atoms with van der Waals surface area (Å²) in [5.74, 6) is 2.58. The van der Waals surface area contributed by atoms with E-state index in [0.717, 1.165) is 29.8 Å². The minimum atomic E-state index is 0.710. The van der Waals surface area contributed by atoms with Crippen LogP contribution in [0.3, 0.4) is 0 Å². The largest absolute Gasteiger partial charge is 0.311 e. The smallest absolute Gasteiger partial charge is 0.0221 e. The Balaban J connectivity index is 2.04. The van der Waals surface area contributed by atoms with Crippen LogP contribution in [0.4, 0.5) is 0 Å². The first-order valence-electron chi connectivity index (χ1n) is 9.02. The number of nitrogens with zero attached hydrogens (tertiary/aromatic N) is 1. The second-order valence-electron chi connectivity index (χ2n) is 7.83. The Labute approximate surface area is 126 Å². The van der Waals surface area contributed by atoms with E-state index in [1.807, 2.05) is 0 Å². The molecule has 1 aliphatic heterocycles. The fourth-order valence-electron chi connectivity index (χ4n) is 4.42. The van der Waals surface area contributed by atoms with Gasteiger partial charge in [0.1, 0.15) is 0 Å². The highest BCUT2D eigenvalue weighted by atomic mass is 15.3. The molecule has 2 aliphatic rings. The van der Waals surface area contributed by atoms with Crippen molar-refractivity contribution in [2.75, 3.05) is 13.1 Å². The summed E-state index contributed by atoms with van der Waals surface area (Å²) >= 11 is 0. The van der Waals surface area contributed by atoms with Crippen molar-refractivity contribution in [3.8, 4) is 0 Å². The average molecular weight is 280 g/mol. The van der Waals surface area contributed by atoms with Crippen molar-refractivity contribution in [3.63, 3.8) is 0 Å². The Kier molecular flexibility index (Phi) is 5.92. The summed E-state index contributed by atoms with van der Waals surface area (Å²) in [7, 11) is 0. The van der Waals surface area contributed by atoms with E-state index in [2.05, 4.69) is 44.8 Å². The molecule has 0 radical (unpaired) electrons. The lowest BCUT2D eigenvalue weighted by molar-refractivity contribution is 0.0141. The molecule has 0 amide bonds. The van der Waals surface area contributed by atoms with E-state index >= 15 is 0 Å². The van der Waals surface area contributed by atoms with Gasteiger partial charge in [-0.3, -0.25) is 4.90 Å². The monoisotopic (exact) mass is 280 g/mol. The van der Waals surface area contributed by atoms with E-state index in [1.54, 1.807) is 0 Å². The van der Waals surface area contributed by atoms with Crippen molar-refractivity contribution in [2.45, 2.75) is 84.8 Å². The maximum Gasteiger partial charge on any atom is 0.0221 e. The molecule has 1 saturated carbocycles. The minimum absolute atomic E-state index is 0.710. The van der Waals surface area contributed by atoms with Gasteiger partial charge in [-0.25, -0.2) is 0 Å². The predicted octanol–water partition coefficient (Wildman–Crippen LogP) is 3.91. The predicted molar refractivity (Wildman–Crippen MR) is 88.0 cm³/mol. The third-order valence-corrected chi connectivity index (χ3v) is 5.86. The number of nitrogens with one attached hydrogen (secondary N) is 1. The summed E-state index contributed by atoms with van der Waals surface area (Å²) in [6.07, 6.45) is 6.92. The molecule has 2 heteroatoms. The summed E-state index contributed by atoms with van der Waals surface area (Å²) in [5.41, 5.74) is 0. The molecule has 2 fully saturated rings. The SMILES string of the molecule is CCC1CNC(CC(C)C)CN1C1CCCC(C)C1C. The Morgan fingerprint density at radius 3 is 2.60 bits per heavy atom. The zero-order valence-corrected chi connectivity index (χ0v) is 14.4. The summed E-state index contributed by atoms with van der Waals surface area (Å²) in [6.45, 7) is 14.5. The van der Waals surface area contributed by atoms with Gasteiger partial charge in [0.05, 0.1) is 0 Å². The van der Waals surface area contributed by atoms with Gasteiger partial charge in [-0.2, -0.15) is 0 Å². The zero-order chi connectivity index (χ0) is 14.7. The molecule has 118 valence electrons. The molecule has 2 rings (SSSR count). The van der Waals surface area contributed by atoms with Gasteiger partial charge in [-0.15, -0.1) is 0 Å². The fourth-order valence-corrected chi connectivity index (χ4v) is 4.42. The highest BCUT2D eigenvalue weighted by molar-refractivity contribution is 4.93. The van der Waals surface area contributed by atoms with Crippen molar-refractivity contribution >= 4 is 0 Å². The topological polar surface area (TPSA) is 15.3 Å². The van der Waals surface area contributed by atoms with Crippen molar-refractivity contribution < 1.29 is 0 Å². The first-order valence-corrected chi connectivity index (χ1v) is 9.02. The van der Waals surface area contributed by atoms with E-state index in [-0.39, 0.29) is 0 Å². The Bertz CT molecular complexity index is 289. The summed E-state index contributed by atoms with van der Waals surface area (Å²) < 4.78 is 0. The van der Waals surface area contributed by atoms with E-state index in [0.29, 0.717) is 6.04 Å². The van der Waals surface area contributed by atoms with Gasteiger partial charge in [0.2, 0.25) is 0 Å². The number of hydrogen-bond donors (Lipinski definition) is 1. The summed E-state index contributed by atoms with van der Waals surface area (Å²) in [6, 6.07) is 2.30. The van der Waals surface area contributed by atoms with Crippen LogP contribution in [0.5, 0.6) is 0 Å². The number of rotatable bonds is 4. The van der Waals surface area contributed by atoms with Gasteiger partial charge in [0.25, 0.3) is 0 Å². The molecular formula is C18H36N2. The lowest BCUT2D eigenvalue weighted by Gasteiger charge is -2.49. The average Bonchev–Trinajstić information content (AvgIpc) is 2.41. The Morgan fingerprint density at radius 1 is 1.20 bits per heavy atom. The van der Waals surface area contributed by atoms with Crippen molar-refractivity contribution in [1.29, 1.82) is 0 Å². The standard InChI is InChI=1S/C18H36N2/c1-6-17-11-19-16(10-13(2)3)12-20(17)18-9-7-8-14(4)15(18)5/h13-19H,6-12H2,1-5H3. The van der Waals surface area contributed by atoms with Gasteiger partial charge in [0, 0.05) is 31.2 Å². The van der Waals surface area contributed by atoms with Crippen LogP contribution in [0.15, 0.2) is 0 Å². The van der Waals surface area contributed by atoms with Crippen molar-refractivity contribution in [1.82, 2.24) is 10.2 Å². The van der Waals surface area contributed by atoms with Crippen LogP contribution in [0, 0.1) is 17.8 Å². The van der Waals surface area contributed by atoms with Gasteiger partial charge >= 0.3 is 0 Å². The fraction of sp³-hybridized carbons (Fsp3) is 1.00. The molecule has 5 unspecified atom stereocenters. The summed E-state index contributed by atoms with van der Waals surface area (Å²) in [5, 5.41) is 3.80. The Hall–Kier alpha value is -0.0800. The Morgan fingerprint density at radius 2 is 1.95 bits per heavy atom. The van der Waals surface area contributed by atoms with Crippen LogP contribution in [0.25, 0.3) is 0 Å². The second kappa shape index (κ2) is 7.26. The minimum Gasteiger partial charge on any atom is -0.311 e. The number of hydrogen-bond acceptors (Lipinski definition) is 2. The van der Waals surface area contributed by atoms with Crippen LogP contribution in [-0.2, 0) is 0 Å². The lowest BCUT2D eigenvalue weighted by Crippen LogP contribution is -2.61. The molecule has 0 aromatic carbocycles. The van der Waals surface area contributed by atoms with Crippen LogP contribution in [0.1, 0.15) is 66.7 Å². The van der Waals surface area contributed by atoms with E-state index < -0.39 is 0 Å². The van der Waals surface area contributed by atoms with E-state index in [9.17, 15) is 0 Å². The van der Waals surface area contributed by atoms with Crippen molar-refractivity contribution in [3.05, 3.63) is 0 Å². The molecule has 1 aliphatic carbocycles. The van der Waals surface area contributed by atoms with Crippen LogP contribution < -0.4 is 5.32 Å². The van der Waals surface area contributed by atoms with Gasteiger partial charge in [-0.05, 0) is 37.0 Å². The highest BCUT2D eigenvalue weighted by Gasteiger charge is 2.37. The molecular weight excluding hydrogens is 244 g/mol. The molecule has 5 atom stereocenters. The van der Waals surface area contributed by atoms with Gasteiger partial charge in [-0.1, -0.05) is 47.5 Å². The molecule has 1 heterocycles.